The minimum absolute atomic E-state index is 0.00903. The van der Waals surface area contributed by atoms with Gasteiger partial charge in [0.2, 0.25) is 0 Å². The van der Waals surface area contributed by atoms with Crippen LogP contribution in [0.25, 0.3) is 0 Å². The maximum atomic E-state index is 11.2. The van der Waals surface area contributed by atoms with Gasteiger partial charge in [-0.25, -0.2) is 0 Å². The third-order valence-electron chi connectivity index (χ3n) is 5.66. The van der Waals surface area contributed by atoms with Crippen LogP contribution < -0.4 is 0 Å². The summed E-state index contributed by atoms with van der Waals surface area (Å²) in [5, 5.41) is 0. The minimum atomic E-state index is -4.09. The molecule has 1 aromatic carbocycles. The van der Waals surface area contributed by atoms with Crippen molar-refractivity contribution in [3.05, 3.63) is 29.3 Å². The average molecular weight is 411 g/mol. The van der Waals surface area contributed by atoms with Gasteiger partial charge in [0.15, 0.2) is 0 Å². The zero-order valence-electron chi connectivity index (χ0n) is 18.2. The molecule has 0 saturated carbocycles. The quantitative estimate of drug-likeness (QED) is 0.212. The molecule has 4 heteroatoms. The molecular formula is C24H42O3S. The molecule has 0 atom stereocenters. The van der Waals surface area contributed by atoms with Crippen molar-refractivity contribution < 1.29 is 13.0 Å². The molecule has 1 aromatic rings. The van der Waals surface area contributed by atoms with Crippen molar-refractivity contribution in [2.45, 2.75) is 121 Å². The normalized spacial score (nSPS) is 11.8. The zero-order chi connectivity index (χ0) is 20.7. The van der Waals surface area contributed by atoms with Crippen LogP contribution in [-0.2, 0) is 16.5 Å². The summed E-state index contributed by atoms with van der Waals surface area (Å²) >= 11 is 0. The molecule has 0 aromatic heterocycles. The molecule has 0 aliphatic rings. The summed E-state index contributed by atoms with van der Waals surface area (Å²) < 4.78 is 31.4. The molecule has 0 aliphatic carbocycles. The smallest absolute Gasteiger partial charge is 0.282 e. The Kier molecular flexibility index (Phi) is 13.5. The van der Waals surface area contributed by atoms with Crippen LogP contribution >= 0.6 is 0 Å². The van der Waals surface area contributed by atoms with Crippen molar-refractivity contribution in [3.8, 4) is 0 Å². The fourth-order valence-electron chi connectivity index (χ4n) is 3.80. The van der Waals surface area contributed by atoms with Crippen LogP contribution in [0.2, 0.25) is 0 Å². The Hall–Kier alpha value is -0.870. The van der Waals surface area contributed by atoms with Crippen molar-refractivity contribution in [2.75, 3.05) is 0 Å². The topological polar surface area (TPSA) is 54.4 Å². The van der Waals surface area contributed by atoms with E-state index in [1.807, 2.05) is 13.0 Å². The van der Waals surface area contributed by atoms with Gasteiger partial charge >= 0.3 is 0 Å². The summed E-state index contributed by atoms with van der Waals surface area (Å²) in [5.41, 5.74) is 2.13. The van der Waals surface area contributed by atoms with E-state index in [0.717, 1.165) is 18.4 Å². The highest BCUT2D eigenvalue weighted by Crippen LogP contribution is 2.18. The Morgan fingerprint density at radius 1 is 0.714 bits per heavy atom. The molecule has 0 saturated heterocycles. The molecule has 0 heterocycles. The second-order valence-electron chi connectivity index (χ2n) is 8.26. The van der Waals surface area contributed by atoms with Crippen LogP contribution in [0.15, 0.2) is 23.1 Å². The number of aryl methyl sites for hydroxylation is 2. The molecule has 0 aliphatic heterocycles. The Balaban J connectivity index is 1.96. The summed E-state index contributed by atoms with van der Waals surface area (Å²) in [6.07, 6.45) is 21.4. The molecule has 162 valence electrons. The van der Waals surface area contributed by atoms with Crippen LogP contribution in [0.5, 0.6) is 0 Å². The van der Waals surface area contributed by atoms with E-state index in [1.165, 1.54) is 102 Å². The molecule has 0 radical (unpaired) electrons. The van der Waals surface area contributed by atoms with E-state index < -0.39 is 10.1 Å². The van der Waals surface area contributed by atoms with Gasteiger partial charge in [0, 0.05) is 0 Å². The maximum absolute atomic E-state index is 11.2. The molecule has 0 unspecified atom stereocenters. The van der Waals surface area contributed by atoms with Crippen LogP contribution in [0.4, 0.5) is 0 Å². The summed E-state index contributed by atoms with van der Waals surface area (Å²) in [5.74, 6) is 0. The van der Waals surface area contributed by atoms with E-state index in [4.69, 9.17) is 4.55 Å². The van der Waals surface area contributed by atoms with Gasteiger partial charge in [0.25, 0.3) is 10.1 Å². The highest BCUT2D eigenvalue weighted by molar-refractivity contribution is 7.85. The second kappa shape index (κ2) is 15.0. The highest BCUT2D eigenvalue weighted by Gasteiger charge is 2.10. The first-order valence-corrected chi connectivity index (χ1v) is 13.0. The lowest BCUT2D eigenvalue weighted by Crippen LogP contribution is -2.00. The number of hydrogen-bond donors (Lipinski definition) is 1. The molecule has 1 rings (SSSR count). The molecule has 3 nitrogen and oxygen atoms in total. The van der Waals surface area contributed by atoms with Crippen LogP contribution in [0.3, 0.4) is 0 Å². The standard InChI is InChI=1S/C24H42O3S/c1-3-4-5-6-7-8-9-10-11-12-13-14-15-16-17-18-23-19-20-24(21-22(23)2)28(25,26)27/h19-21H,3-18H2,1-2H3,(H,25,26,27). The van der Waals surface area contributed by atoms with Gasteiger partial charge in [-0.15, -0.1) is 0 Å². The predicted molar refractivity (Wildman–Crippen MR) is 120 cm³/mol. The lowest BCUT2D eigenvalue weighted by atomic mass is 10.0. The van der Waals surface area contributed by atoms with Gasteiger partial charge in [-0.2, -0.15) is 8.42 Å². The summed E-state index contributed by atoms with van der Waals surface area (Å²) in [4.78, 5) is -0.00903. The van der Waals surface area contributed by atoms with Crippen molar-refractivity contribution in [1.29, 1.82) is 0 Å². The number of benzene rings is 1. The van der Waals surface area contributed by atoms with Gasteiger partial charge in [-0.3, -0.25) is 4.55 Å². The lowest BCUT2D eigenvalue weighted by Gasteiger charge is -2.07. The molecular weight excluding hydrogens is 368 g/mol. The van der Waals surface area contributed by atoms with E-state index in [0.29, 0.717) is 0 Å². The molecule has 28 heavy (non-hydrogen) atoms. The zero-order valence-corrected chi connectivity index (χ0v) is 19.0. The van der Waals surface area contributed by atoms with E-state index in [-0.39, 0.29) is 4.90 Å². The largest absolute Gasteiger partial charge is 0.294 e. The van der Waals surface area contributed by atoms with Gasteiger partial charge < -0.3 is 0 Å². The molecule has 0 spiro atoms. The fourth-order valence-corrected chi connectivity index (χ4v) is 4.36. The average Bonchev–Trinajstić information content (AvgIpc) is 2.65. The van der Waals surface area contributed by atoms with Crippen LogP contribution in [0, 0.1) is 6.92 Å². The first-order valence-electron chi connectivity index (χ1n) is 11.5. The third-order valence-corrected chi connectivity index (χ3v) is 6.51. The van der Waals surface area contributed by atoms with Crippen molar-refractivity contribution in [2.24, 2.45) is 0 Å². The van der Waals surface area contributed by atoms with Crippen molar-refractivity contribution in [3.63, 3.8) is 0 Å². The second-order valence-corrected chi connectivity index (χ2v) is 9.68. The van der Waals surface area contributed by atoms with Crippen molar-refractivity contribution >= 4 is 10.1 Å². The Bertz CT molecular complexity index is 623. The monoisotopic (exact) mass is 410 g/mol. The third kappa shape index (κ3) is 11.9. The van der Waals surface area contributed by atoms with Crippen LogP contribution in [-0.4, -0.2) is 13.0 Å². The number of unbranched alkanes of at least 4 members (excludes halogenated alkanes) is 14. The molecule has 0 bridgehead atoms. The fraction of sp³-hybridized carbons (Fsp3) is 0.750. The SMILES string of the molecule is CCCCCCCCCCCCCCCCCc1ccc(S(=O)(=O)O)cc1C. The van der Waals surface area contributed by atoms with Gasteiger partial charge in [0.1, 0.15) is 0 Å². The van der Waals surface area contributed by atoms with Gasteiger partial charge in [0.05, 0.1) is 4.90 Å². The summed E-state index contributed by atoms with van der Waals surface area (Å²) in [6.45, 7) is 4.18. The van der Waals surface area contributed by atoms with E-state index in [2.05, 4.69) is 6.92 Å². The first kappa shape index (κ1) is 25.2. The number of hydrogen-bond acceptors (Lipinski definition) is 2. The lowest BCUT2D eigenvalue weighted by molar-refractivity contribution is 0.483. The Labute approximate surface area is 174 Å². The predicted octanol–water partition coefficient (Wildman–Crippen LogP) is 7.66. The Morgan fingerprint density at radius 2 is 1.14 bits per heavy atom. The Morgan fingerprint density at radius 3 is 1.54 bits per heavy atom. The van der Waals surface area contributed by atoms with Crippen LogP contribution in [0.1, 0.15) is 114 Å². The minimum Gasteiger partial charge on any atom is -0.282 e. The maximum Gasteiger partial charge on any atom is 0.294 e. The first-order chi connectivity index (χ1) is 13.4. The highest BCUT2D eigenvalue weighted by atomic mass is 32.2. The van der Waals surface area contributed by atoms with Gasteiger partial charge in [-0.1, -0.05) is 103 Å². The summed E-state index contributed by atoms with van der Waals surface area (Å²) in [7, 11) is -4.09. The van der Waals surface area contributed by atoms with E-state index in [9.17, 15) is 8.42 Å². The molecule has 0 amide bonds. The van der Waals surface area contributed by atoms with E-state index >= 15 is 0 Å². The van der Waals surface area contributed by atoms with Gasteiger partial charge in [-0.05, 0) is 43.0 Å². The van der Waals surface area contributed by atoms with Crippen molar-refractivity contribution in [1.82, 2.24) is 0 Å². The van der Waals surface area contributed by atoms with E-state index in [1.54, 1.807) is 6.07 Å². The summed E-state index contributed by atoms with van der Waals surface area (Å²) in [6, 6.07) is 4.90. The molecule has 0 fully saturated rings. The molecule has 1 N–H and O–H groups in total. The number of rotatable bonds is 17.